The largest absolute Gasteiger partial charge is 0.480 e. The number of carbonyl (C=O) groups is 2. The molecule has 0 aliphatic rings. The lowest BCUT2D eigenvalue weighted by Gasteiger charge is -2.20. The van der Waals surface area contributed by atoms with Crippen molar-refractivity contribution in [3.63, 3.8) is 0 Å². The second kappa shape index (κ2) is 7.52. The Bertz CT molecular complexity index is 485. The zero-order valence-electron chi connectivity index (χ0n) is 12.9. The number of nitrogens with one attached hydrogen (secondary N) is 2. The highest BCUT2D eigenvalue weighted by Gasteiger charge is 2.25. The molecule has 116 valence electrons. The van der Waals surface area contributed by atoms with Crippen LogP contribution in [0.1, 0.15) is 20.3 Å². The standard InChI is InChI=1S/C15H23N3O3/c1-5-10(2)13(14(19)20)17-15(21)16-11-6-8-12(9-7-11)18(3)4/h6-10,13H,5H2,1-4H3,(H,19,20)(H2,16,17,21)/t10?,13-/m0/s1. The molecular formula is C15H23N3O3. The maximum atomic E-state index is 11.9. The Kier molecular flexibility index (Phi) is 6.02. The molecule has 1 aromatic carbocycles. The number of carboxylic acids is 1. The van der Waals surface area contributed by atoms with E-state index in [9.17, 15) is 9.59 Å². The highest BCUT2D eigenvalue weighted by atomic mass is 16.4. The van der Waals surface area contributed by atoms with Gasteiger partial charge in [0.15, 0.2) is 0 Å². The Hall–Kier alpha value is -2.24. The smallest absolute Gasteiger partial charge is 0.326 e. The van der Waals surface area contributed by atoms with Crippen molar-refractivity contribution in [3.05, 3.63) is 24.3 Å². The molecule has 1 rings (SSSR count). The first-order chi connectivity index (χ1) is 9.85. The summed E-state index contributed by atoms with van der Waals surface area (Å²) in [6.07, 6.45) is 0.675. The van der Waals surface area contributed by atoms with E-state index >= 15 is 0 Å². The first-order valence-electron chi connectivity index (χ1n) is 6.92. The molecule has 0 saturated heterocycles. The summed E-state index contributed by atoms with van der Waals surface area (Å²) < 4.78 is 0. The summed E-state index contributed by atoms with van der Waals surface area (Å²) in [4.78, 5) is 25.0. The van der Waals surface area contributed by atoms with E-state index in [4.69, 9.17) is 5.11 Å². The van der Waals surface area contributed by atoms with Crippen LogP contribution < -0.4 is 15.5 Å². The van der Waals surface area contributed by atoms with Gasteiger partial charge in [-0.3, -0.25) is 0 Å². The molecule has 21 heavy (non-hydrogen) atoms. The molecule has 0 fully saturated rings. The minimum Gasteiger partial charge on any atom is -0.480 e. The van der Waals surface area contributed by atoms with Crippen LogP contribution >= 0.6 is 0 Å². The molecule has 3 N–H and O–H groups in total. The summed E-state index contributed by atoms with van der Waals surface area (Å²) in [5.74, 6) is -1.16. The number of benzene rings is 1. The lowest BCUT2D eigenvalue weighted by atomic mass is 9.99. The van der Waals surface area contributed by atoms with E-state index in [2.05, 4.69) is 10.6 Å². The molecule has 0 aromatic heterocycles. The first kappa shape index (κ1) is 16.8. The zero-order valence-corrected chi connectivity index (χ0v) is 12.9. The molecule has 2 atom stereocenters. The Morgan fingerprint density at radius 3 is 2.24 bits per heavy atom. The number of hydrogen-bond donors (Lipinski definition) is 3. The zero-order chi connectivity index (χ0) is 16.0. The Balaban J connectivity index is 2.65. The average Bonchev–Trinajstić information content (AvgIpc) is 2.44. The number of urea groups is 1. The molecule has 0 bridgehead atoms. The van der Waals surface area contributed by atoms with Crippen LogP contribution in [-0.2, 0) is 4.79 Å². The molecule has 0 spiro atoms. The molecule has 6 heteroatoms. The lowest BCUT2D eigenvalue weighted by Crippen LogP contribution is -2.46. The van der Waals surface area contributed by atoms with Crippen molar-refractivity contribution in [2.24, 2.45) is 5.92 Å². The normalized spacial score (nSPS) is 13.1. The van der Waals surface area contributed by atoms with Gasteiger partial charge >= 0.3 is 12.0 Å². The first-order valence-corrected chi connectivity index (χ1v) is 6.92. The fourth-order valence-corrected chi connectivity index (χ4v) is 1.83. The van der Waals surface area contributed by atoms with Crippen LogP contribution in [0.15, 0.2) is 24.3 Å². The van der Waals surface area contributed by atoms with Gasteiger partial charge in [-0.25, -0.2) is 9.59 Å². The molecular weight excluding hydrogens is 270 g/mol. The third-order valence-electron chi connectivity index (χ3n) is 3.41. The summed E-state index contributed by atoms with van der Waals surface area (Å²) in [6, 6.07) is 5.89. The second-order valence-electron chi connectivity index (χ2n) is 5.24. The van der Waals surface area contributed by atoms with Crippen LogP contribution in [0, 0.1) is 5.92 Å². The van der Waals surface area contributed by atoms with Crippen LogP contribution in [0.5, 0.6) is 0 Å². The molecule has 2 amide bonds. The summed E-state index contributed by atoms with van der Waals surface area (Å²) in [5, 5.41) is 14.3. The van der Waals surface area contributed by atoms with Gasteiger partial charge in [0, 0.05) is 25.5 Å². The van der Waals surface area contributed by atoms with Crippen molar-refractivity contribution < 1.29 is 14.7 Å². The predicted octanol–water partition coefficient (Wildman–Crippen LogP) is 2.37. The number of amides is 2. The van der Waals surface area contributed by atoms with Crippen molar-refractivity contribution in [1.29, 1.82) is 0 Å². The number of hydrogen-bond acceptors (Lipinski definition) is 3. The highest BCUT2D eigenvalue weighted by Crippen LogP contribution is 2.15. The van der Waals surface area contributed by atoms with Crippen LogP contribution in [-0.4, -0.2) is 37.2 Å². The van der Waals surface area contributed by atoms with Crippen molar-refractivity contribution in [2.45, 2.75) is 26.3 Å². The van der Waals surface area contributed by atoms with Crippen LogP contribution in [0.4, 0.5) is 16.2 Å². The SMILES string of the molecule is CCC(C)[C@H](NC(=O)Nc1ccc(N(C)C)cc1)C(=O)O. The molecule has 1 aromatic rings. The average molecular weight is 293 g/mol. The Labute approximate surface area is 125 Å². The summed E-state index contributed by atoms with van der Waals surface area (Å²) in [7, 11) is 3.86. The molecule has 6 nitrogen and oxygen atoms in total. The summed E-state index contributed by atoms with van der Waals surface area (Å²) >= 11 is 0. The summed E-state index contributed by atoms with van der Waals surface area (Å²) in [5.41, 5.74) is 1.63. The number of anilines is 2. The van der Waals surface area contributed by atoms with Gasteiger partial charge in [0.25, 0.3) is 0 Å². The van der Waals surface area contributed by atoms with Gasteiger partial charge in [-0.15, -0.1) is 0 Å². The van der Waals surface area contributed by atoms with E-state index in [1.165, 1.54) is 0 Å². The Morgan fingerprint density at radius 1 is 1.24 bits per heavy atom. The number of carboxylic acid groups (broad SMARTS) is 1. The molecule has 0 saturated carbocycles. The van der Waals surface area contributed by atoms with E-state index in [1.807, 2.05) is 38.1 Å². The minimum atomic E-state index is -1.03. The second-order valence-corrected chi connectivity index (χ2v) is 5.24. The van der Waals surface area contributed by atoms with E-state index in [0.717, 1.165) is 5.69 Å². The third-order valence-corrected chi connectivity index (χ3v) is 3.41. The van der Waals surface area contributed by atoms with Gasteiger partial charge in [0.1, 0.15) is 6.04 Å². The number of aliphatic carboxylic acids is 1. The molecule has 0 heterocycles. The predicted molar refractivity (Wildman–Crippen MR) is 83.8 cm³/mol. The van der Waals surface area contributed by atoms with Crippen molar-refractivity contribution in [3.8, 4) is 0 Å². The lowest BCUT2D eigenvalue weighted by molar-refractivity contribution is -0.140. The quantitative estimate of drug-likeness (QED) is 0.752. The topological polar surface area (TPSA) is 81.7 Å². The van der Waals surface area contributed by atoms with Crippen LogP contribution in [0.3, 0.4) is 0 Å². The summed E-state index contributed by atoms with van der Waals surface area (Å²) in [6.45, 7) is 3.69. The van der Waals surface area contributed by atoms with Crippen molar-refractivity contribution >= 4 is 23.4 Å². The van der Waals surface area contributed by atoms with E-state index in [-0.39, 0.29) is 5.92 Å². The molecule has 0 aliphatic carbocycles. The van der Waals surface area contributed by atoms with Gasteiger partial charge in [-0.05, 0) is 30.2 Å². The van der Waals surface area contributed by atoms with Gasteiger partial charge in [-0.2, -0.15) is 0 Å². The number of rotatable bonds is 6. The number of carbonyl (C=O) groups excluding carboxylic acids is 1. The van der Waals surface area contributed by atoms with Crippen LogP contribution in [0.2, 0.25) is 0 Å². The van der Waals surface area contributed by atoms with Crippen LogP contribution in [0.25, 0.3) is 0 Å². The fraction of sp³-hybridized carbons (Fsp3) is 0.467. The molecule has 0 radical (unpaired) electrons. The van der Waals surface area contributed by atoms with Crippen molar-refractivity contribution in [1.82, 2.24) is 5.32 Å². The van der Waals surface area contributed by atoms with Gasteiger partial charge < -0.3 is 20.6 Å². The van der Waals surface area contributed by atoms with Crippen molar-refractivity contribution in [2.75, 3.05) is 24.3 Å². The van der Waals surface area contributed by atoms with Gasteiger partial charge in [0.2, 0.25) is 0 Å². The Morgan fingerprint density at radius 2 is 1.81 bits per heavy atom. The molecule has 1 unspecified atom stereocenters. The number of nitrogens with zero attached hydrogens (tertiary/aromatic N) is 1. The fourth-order valence-electron chi connectivity index (χ4n) is 1.83. The van der Waals surface area contributed by atoms with Gasteiger partial charge in [0.05, 0.1) is 0 Å². The maximum Gasteiger partial charge on any atom is 0.326 e. The monoisotopic (exact) mass is 293 g/mol. The molecule has 0 aliphatic heterocycles. The highest BCUT2D eigenvalue weighted by molar-refractivity contribution is 5.92. The minimum absolute atomic E-state index is 0.135. The van der Waals surface area contributed by atoms with E-state index in [1.54, 1.807) is 19.1 Å². The van der Waals surface area contributed by atoms with E-state index < -0.39 is 18.0 Å². The third kappa shape index (κ3) is 4.98. The van der Waals surface area contributed by atoms with Gasteiger partial charge in [-0.1, -0.05) is 20.3 Å². The maximum absolute atomic E-state index is 11.9. The van der Waals surface area contributed by atoms with E-state index in [0.29, 0.717) is 12.1 Å².